The molecule has 0 amide bonds. The van der Waals surface area contributed by atoms with Gasteiger partial charge < -0.3 is 5.32 Å². The van der Waals surface area contributed by atoms with E-state index in [-0.39, 0.29) is 16.9 Å². The lowest BCUT2D eigenvalue weighted by molar-refractivity contribution is 0.425. The van der Waals surface area contributed by atoms with Crippen molar-refractivity contribution < 1.29 is 8.42 Å². The Labute approximate surface area is 204 Å². The maximum atomic E-state index is 13.4. The Morgan fingerprint density at radius 3 is 2.62 bits per heavy atom. The maximum Gasteiger partial charge on any atom is 0.261 e. The number of rotatable bonds is 4. The van der Waals surface area contributed by atoms with Crippen LogP contribution in [0.3, 0.4) is 0 Å². The highest BCUT2D eigenvalue weighted by atomic mass is 35.5. The predicted octanol–water partition coefficient (Wildman–Crippen LogP) is 7.12. The van der Waals surface area contributed by atoms with Crippen LogP contribution >= 0.6 is 11.6 Å². The van der Waals surface area contributed by atoms with Crippen molar-refractivity contribution in [2.45, 2.75) is 23.3 Å². The average molecular weight is 487 g/mol. The molecule has 2 aliphatic rings. The lowest BCUT2D eigenvalue weighted by Gasteiger charge is -2.37. The predicted molar refractivity (Wildman–Crippen MR) is 139 cm³/mol. The van der Waals surface area contributed by atoms with Crippen LogP contribution in [0.15, 0.2) is 102 Å². The minimum absolute atomic E-state index is 0.113. The van der Waals surface area contributed by atoms with Gasteiger partial charge in [-0.25, -0.2) is 8.42 Å². The Kier molecular flexibility index (Phi) is 5.12. The molecule has 0 aromatic heterocycles. The minimum atomic E-state index is -3.76. The first-order chi connectivity index (χ1) is 16.5. The second kappa shape index (κ2) is 8.19. The molecule has 1 aliphatic carbocycles. The first-order valence-corrected chi connectivity index (χ1v) is 13.2. The molecule has 3 atom stereocenters. The lowest BCUT2D eigenvalue weighted by Crippen LogP contribution is -2.29. The molecule has 4 aromatic carbocycles. The summed E-state index contributed by atoms with van der Waals surface area (Å²) in [5.74, 6) is 0.447. The molecule has 4 nitrogen and oxygen atoms in total. The molecule has 0 radical (unpaired) electrons. The van der Waals surface area contributed by atoms with Gasteiger partial charge >= 0.3 is 0 Å². The zero-order chi connectivity index (χ0) is 23.3. The van der Waals surface area contributed by atoms with E-state index in [1.807, 2.05) is 66.7 Å². The van der Waals surface area contributed by atoms with Crippen LogP contribution in [0.2, 0.25) is 5.02 Å². The van der Waals surface area contributed by atoms with Crippen LogP contribution in [0.1, 0.15) is 29.5 Å². The van der Waals surface area contributed by atoms with Crippen LogP contribution in [-0.2, 0) is 10.0 Å². The maximum absolute atomic E-state index is 13.4. The zero-order valence-electron chi connectivity index (χ0n) is 18.3. The molecule has 6 heteroatoms. The summed E-state index contributed by atoms with van der Waals surface area (Å²) in [6.07, 6.45) is 5.33. The first kappa shape index (κ1) is 21.3. The lowest BCUT2D eigenvalue weighted by atomic mass is 9.77. The van der Waals surface area contributed by atoms with E-state index in [0.717, 1.165) is 34.0 Å². The molecule has 0 spiro atoms. The van der Waals surface area contributed by atoms with Crippen LogP contribution in [-0.4, -0.2) is 8.42 Å². The number of hydrogen-bond acceptors (Lipinski definition) is 3. The highest BCUT2D eigenvalue weighted by molar-refractivity contribution is 7.92. The summed E-state index contributed by atoms with van der Waals surface area (Å²) < 4.78 is 29.6. The molecule has 34 heavy (non-hydrogen) atoms. The Morgan fingerprint density at radius 1 is 0.912 bits per heavy atom. The molecular formula is C28H23ClN2O2S. The molecule has 170 valence electrons. The van der Waals surface area contributed by atoms with Crippen LogP contribution in [0.5, 0.6) is 0 Å². The van der Waals surface area contributed by atoms with Gasteiger partial charge in [-0.05, 0) is 65.3 Å². The van der Waals surface area contributed by atoms with Gasteiger partial charge in [-0.1, -0.05) is 72.3 Å². The average Bonchev–Trinajstić information content (AvgIpc) is 3.34. The number of fused-ring (bicyclic) bond motifs is 4. The molecule has 0 fully saturated rings. The van der Waals surface area contributed by atoms with E-state index in [2.05, 4.69) is 28.3 Å². The molecule has 1 aliphatic heterocycles. The van der Waals surface area contributed by atoms with Crippen LogP contribution < -0.4 is 10.0 Å². The van der Waals surface area contributed by atoms with E-state index < -0.39 is 10.0 Å². The number of benzene rings is 4. The molecule has 0 bridgehead atoms. The Morgan fingerprint density at radius 2 is 1.74 bits per heavy atom. The monoisotopic (exact) mass is 486 g/mol. The van der Waals surface area contributed by atoms with Gasteiger partial charge in [0.15, 0.2) is 0 Å². The highest BCUT2D eigenvalue weighted by Gasteiger charge is 2.38. The van der Waals surface area contributed by atoms with Gasteiger partial charge in [-0.3, -0.25) is 4.72 Å². The topological polar surface area (TPSA) is 58.2 Å². The second-order valence-electron chi connectivity index (χ2n) is 8.91. The number of allylic oxidation sites excluding steroid dienone is 2. The minimum Gasteiger partial charge on any atom is -0.378 e. The molecule has 4 aromatic rings. The van der Waals surface area contributed by atoms with E-state index in [1.165, 1.54) is 0 Å². The number of halogens is 1. The number of nitrogens with one attached hydrogen (secondary N) is 2. The molecule has 6 rings (SSSR count). The Hall–Kier alpha value is -3.28. The number of hydrogen-bond donors (Lipinski definition) is 2. The van der Waals surface area contributed by atoms with Crippen molar-refractivity contribution in [1.82, 2.24) is 0 Å². The van der Waals surface area contributed by atoms with Gasteiger partial charge in [0.25, 0.3) is 10.0 Å². The van der Waals surface area contributed by atoms with Crippen molar-refractivity contribution in [2.75, 3.05) is 10.0 Å². The van der Waals surface area contributed by atoms with Crippen LogP contribution in [0.25, 0.3) is 10.8 Å². The van der Waals surface area contributed by atoms with Gasteiger partial charge in [0, 0.05) is 22.0 Å². The van der Waals surface area contributed by atoms with Crippen molar-refractivity contribution in [2.24, 2.45) is 5.92 Å². The molecule has 0 unspecified atom stereocenters. The SMILES string of the molecule is O=S(=O)(Nc1cccc2ccccc12)c1ccc2c(c1)[C@H]1C=CC[C@H]1[C@@H](c1cccc(Cl)c1)N2. The fourth-order valence-corrected chi connectivity index (χ4v) is 6.60. The van der Waals surface area contributed by atoms with Crippen molar-refractivity contribution in [3.05, 3.63) is 113 Å². The summed E-state index contributed by atoms with van der Waals surface area (Å²) in [5, 5.41) is 6.23. The van der Waals surface area contributed by atoms with Crippen molar-refractivity contribution >= 4 is 43.8 Å². The van der Waals surface area contributed by atoms with Crippen molar-refractivity contribution in [1.29, 1.82) is 0 Å². The van der Waals surface area contributed by atoms with E-state index in [9.17, 15) is 8.42 Å². The van der Waals surface area contributed by atoms with Crippen LogP contribution in [0.4, 0.5) is 11.4 Å². The van der Waals surface area contributed by atoms with E-state index in [4.69, 9.17) is 11.6 Å². The quantitative estimate of drug-likeness (QED) is 0.302. The first-order valence-electron chi connectivity index (χ1n) is 11.3. The van der Waals surface area contributed by atoms with Crippen molar-refractivity contribution in [3.8, 4) is 0 Å². The molecular weight excluding hydrogens is 464 g/mol. The van der Waals surface area contributed by atoms with E-state index in [0.29, 0.717) is 16.6 Å². The Balaban J connectivity index is 1.36. The smallest absolute Gasteiger partial charge is 0.261 e. The van der Waals surface area contributed by atoms with E-state index in [1.54, 1.807) is 12.1 Å². The molecule has 2 N–H and O–H groups in total. The van der Waals surface area contributed by atoms with E-state index >= 15 is 0 Å². The zero-order valence-corrected chi connectivity index (χ0v) is 19.9. The van der Waals surface area contributed by atoms with Gasteiger partial charge in [0.2, 0.25) is 0 Å². The summed E-state index contributed by atoms with van der Waals surface area (Å²) in [5.41, 5.74) is 3.69. The fourth-order valence-electron chi connectivity index (χ4n) is 5.29. The highest BCUT2D eigenvalue weighted by Crippen LogP contribution is 2.50. The summed E-state index contributed by atoms with van der Waals surface area (Å²) in [6, 6.07) is 26.8. The van der Waals surface area contributed by atoms with Crippen LogP contribution in [0, 0.1) is 5.92 Å². The molecule has 1 heterocycles. The standard InChI is InChI=1S/C28H23ClN2O2S/c29-20-9-3-8-19(16-20)28-24-12-5-11-23(24)25-17-21(14-15-26(25)30-28)34(32,33)31-27-13-4-7-18-6-1-2-10-22(18)27/h1-11,13-17,23-24,28,30-31H,12H2/t23-,24+,28+/m0/s1. The summed E-state index contributed by atoms with van der Waals surface area (Å²) in [4.78, 5) is 0.265. The summed E-state index contributed by atoms with van der Waals surface area (Å²) in [7, 11) is -3.76. The Bertz CT molecular complexity index is 1540. The third kappa shape index (κ3) is 3.65. The second-order valence-corrected chi connectivity index (χ2v) is 11.0. The number of anilines is 2. The van der Waals surface area contributed by atoms with Gasteiger partial charge in [0.05, 0.1) is 16.6 Å². The summed E-state index contributed by atoms with van der Waals surface area (Å²) in [6.45, 7) is 0. The third-order valence-corrected chi connectivity index (χ3v) is 8.48. The molecule has 0 saturated heterocycles. The van der Waals surface area contributed by atoms with Gasteiger partial charge in [0.1, 0.15) is 0 Å². The largest absolute Gasteiger partial charge is 0.378 e. The molecule has 0 saturated carbocycles. The normalized spacial score (nSPS) is 21.0. The van der Waals surface area contributed by atoms with Gasteiger partial charge in [-0.15, -0.1) is 0 Å². The third-order valence-electron chi connectivity index (χ3n) is 6.89. The number of sulfonamides is 1. The fraction of sp³-hybridized carbons (Fsp3) is 0.143. The van der Waals surface area contributed by atoms with Gasteiger partial charge in [-0.2, -0.15) is 0 Å². The summed E-state index contributed by atoms with van der Waals surface area (Å²) >= 11 is 6.26. The van der Waals surface area contributed by atoms with Crippen molar-refractivity contribution in [3.63, 3.8) is 0 Å².